The molecule has 3 rings (SSSR count). The molecule has 2 N–H and O–H groups in total. The van der Waals surface area contributed by atoms with Gasteiger partial charge in [0.25, 0.3) is 5.56 Å². The van der Waals surface area contributed by atoms with Gasteiger partial charge in [0.05, 0.1) is 19.0 Å². The Balaban J connectivity index is 2.31. The fourth-order valence-corrected chi connectivity index (χ4v) is 2.07. The lowest BCUT2D eigenvalue weighted by Gasteiger charge is -2.05. The van der Waals surface area contributed by atoms with Crippen molar-refractivity contribution in [1.29, 1.82) is 0 Å². The van der Waals surface area contributed by atoms with Crippen LogP contribution in [0, 0.1) is 4.77 Å². The van der Waals surface area contributed by atoms with Crippen molar-refractivity contribution < 1.29 is 4.74 Å². The summed E-state index contributed by atoms with van der Waals surface area (Å²) in [5.41, 5.74) is 1.08. The predicted molar refractivity (Wildman–Crippen MR) is 73.4 cm³/mol. The van der Waals surface area contributed by atoms with Crippen LogP contribution in [0.2, 0.25) is 0 Å². The minimum atomic E-state index is -0.257. The van der Waals surface area contributed by atoms with E-state index in [1.54, 1.807) is 11.8 Å². The zero-order chi connectivity index (χ0) is 13.4. The Bertz CT molecular complexity index is 862. The number of methoxy groups -OCH3 is 1. The molecule has 0 amide bonds. The maximum atomic E-state index is 11.7. The van der Waals surface area contributed by atoms with Gasteiger partial charge in [-0.2, -0.15) is 5.10 Å². The first-order chi connectivity index (χ1) is 9.19. The summed E-state index contributed by atoms with van der Waals surface area (Å²) in [5, 5.41) is 4.66. The van der Waals surface area contributed by atoms with Crippen LogP contribution in [0.1, 0.15) is 0 Å². The van der Waals surface area contributed by atoms with Crippen LogP contribution in [0.4, 0.5) is 0 Å². The number of benzene rings is 1. The lowest BCUT2D eigenvalue weighted by atomic mass is 10.3. The molecule has 19 heavy (non-hydrogen) atoms. The van der Waals surface area contributed by atoms with E-state index in [0.29, 0.717) is 16.8 Å². The molecule has 0 bridgehead atoms. The predicted octanol–water partition coefficient (Wildman–Crippen LogP) is 1.78. The third kappa shape index (κ3) is 1.93. The van der Waals surface area contributed by atoms with Crippen molar-refractivity contribution in [2.75, 3.05) is 7.11 Å². The Morgan fingerprint density at radius 1 is 1.37 bits per heavy atom. The Morgan fingerprint density at radius 3 is 3.00 bits per heavy atom. The van der Waals surface area contributed by atoms with E-state index in [4.69, 9.17) is 17.0 Å². The molecular formula is C12H10N4O2S. The van der Waals surface area contributed by atoms with Gasteiger partial charge in [-0.15, -0.1) is 0 Å². The lowest BCUT2D eigenvalue weighted by Crippen LogP contribution is -2.08. The quantitative estimate of drug-likeness (QED) is 0.698. The largest absolute Gasteiger partial charge is 0.497 e. The van der Waals surface area contributed by atoms with Crippen LogP contribution in [-0.2, 0) is 0 Å². The highest BCUT2D eigenvalue weighted by atomic mass is 32.1. The molecule has 6 nitrogen and oxygen atoms in total. The number of nitrogens with zero attached hydrogens (tertiary/aromatic N) is 2. The highest BCUT2D eigenvalue weighted by molar-refractivity contribution is 7.71. The van der Waals surface area contributed by atoms with Crippen molar-refractivity contribution in [1.82, 2.24) is 19.7 Å². The van der Waals surface area contributed by atoms with E-state index in [2.05, 4.69) is 15.1 Å². The maximum Gasteiger partial charge on any atom is 0.262 e. The Hall–Kier alpha value is -2.41. The average molecular weight is 274 g/mol. The molecule has 0 aliphatic carbocycles. The van der Waals surface area contributed by atoms with Crippen LogP contribution in [0.5, 0.6) is 5.75 Å². The number of aromatic nitrogens is 4. The minimum Gasteiger partial charge on any atom is -0.497 e. The van der Waals surface area contributed by atoms with E-state index >= 15 is 0 Å². The summed E-state index contributed by atoms with van der Waals surface area (Å²) in [4.78, 5) is 17.2. The van der Waals surface area contributed by atoms with E-state index < -0.39 is 0 Å². The van der Waals surface area contributed by atoms with Crippen LogP contribution >= 0.6 is 12.2 Å². The van der Waals surface area contributed by atoms with Gasteiger partial charge >= 0.3 is 0 Å². The standard InChI is InChI=1S/C12H10N4O2S/c1-18-8-4-2-3-7(5-8)16-10-9(6-13-16)11(17)15-12(19)14-10/h2-6H,1H3,(H2,14,15,17,19). The molecule has 0 fully saturated rings. The number of H-pyrrole nitrogens is 2. The van der Waals surface area contributed by atoms with E-state index in [9.17, 15) is 4.79 Å². The van der Waals surface area contributed by atoms with Gasteiger partial charge < -0.3 is 9.72 Å². The summed E-state index contributed by atoms with van der Waals surface area (Å²) in [5.74, 6) is 0.713. The summed E-state index contributed by atoms with van der Waals surface area (Å²) in [6.07, 6.45) is 1.50. The number of aromatic amines is 2. The van der Waals surface area contributed by atoms with Gasteiger partial charge in [-0.1, -0.05) is 6.07 Å². The van der Waals surface area contributed by atoms with Crippen LogP contribution in [0.25, 0.3) is 16.7 Å². The number of hydrogen-bond acceptors (Lipinski definition) is 4. The zero-order valence-electron chi connectivity index (χ0n) is 10.0. The van der Waals surface area contributed by atoms with Crippen LogP contribution in [0.3, 0.4) is 0 Å². The van der Waals surface area contributed by atoms with Crippen molar-refractivity contribution >= 4 is 23.3 Å². The SMILES string of the molecule is COc1cccc(-n2ncc3c(=O)[nH]c(=S)[nH]c32)c1. The molecule has 7 heteroatoms. The topological polar surface area (TPSA) is 75.7 Å². The number of nitrogens with one attached hydrogen (secondary N) is 2. The van der Waals surface area contributed by atoms with Gasteiger partial charge in [0.1, 0.15) is 16.8 Å². The monoisotopic (exact) mass is 274 g/mol. The number of rotatable bonds is 2. The van der Waals surface area contributed by atoms with Crippen LogP contribution < -0.4 is 10.3 Å². The molecule has 0 aliphatic heterocycles. The zero-order valence-corrected chi connectivity index (χ0v) is 10.8. The Kier molecular flexibility index (Phi) is 2.68. The van der Waals surface area contributed by atoms with E-state index in [1.807, 2.05) is 24.3 Å². The molecule has 0 unspecified atom stereocenters. The minimum absolute atomic E-state index is 0.257. The number of hydrogen-bond donors (Lipinski definition) is 2. The Labute approximate surface area is 112 Å². The average Bonchev–Trinajstić information content (AvgIpc) is 2.82. The van der Waals surface area contributed by atoms with Gasteiger partial charge in [0.15, 0.2) is 4.77 Å². The van der Waals surface area contributed by atoms with E-state index in [-0.39, 0.29) is 10.3 Å². The molecule has 1 aromatic carbocycles. The lowest BCUT2D eigenvalue weighted by molar-refractivity contribution is 0.414. The molecule has 96 valence electrons. The van der Waals surface area contributed by atoms with Crippen molar-refractivity contribution in [3.63, 3.8) is 0 Å². The Morgan fingerprint density at radius 2 is 2.21 bits per heavy atom. The van der Waals surface area contributed by atoms with E-state index in [1.165, 1.54) is 6.20 Å². The highest BCUT2D eigenvalue weighted by Crippen LogP contribution is 2.18. The second-order valence-electron chi connectivity index (χ2n) is 3.93. The van der Waals surface area contributed by atoms with Crippen LogP contribution in [0.15, 0.2) is 35.3 Å². The fraction of sp³-hybridized carbons (Fsp3) is 0.0833. The molecule has 0 spiro atoms. The first kappa shape index (κ1) is 11.7. The molecule has 3 aromatic rings. The fourth-order valence-electron chi connectivity index (χ4n) is 1.88. The molecule has 0 saturated heterocycles. The molecular weight excluding hydrogens is 264 g/mol. The molecule has 0 aliphatic rings. The molecule has 0 atom stereocenters. The van der Waals surface area contributed by atoms with Gasteiger partial charge in [0.2, 0.25) is 0 Å². The maximum absolute atomic E-state index is 11.7. The summed E-state index contributed by atoms with van der Waals surface area (Å²) >= 11 is 4.97. The van der Waals surface area contributed by atoms with Gasteiger partial charge in [0, 0.05) is 6.07 Å². The molecule has 0 saturated carbocycles. The third-order valence-electron chi connectivity index (χ3n) is 2.77. The summed E-state index contributed by atoms with van der Waals surface area (Å²) in [6.45, 7) is 0. The van der Waals surface area contributed by atoms with Crippen LogP contribution in [-0.4, -0.2) is 26.9 Å². The smallest absolute Gasteiger partial charge is 0.262 e. The van der Waals surface area contributed by atoms with Gasteiger partial charge in [-0.05, 0) is 24.4 Å². The molecule has 0 radical (unpaired) electrons. The highest BCUT2D eigenvalue weighted by Gasteiger charge is 2.09. The van der Waals surface area contributed by atoms with Crippen molar-refractivity contribution in [2.24, 2.45) is 0 Å². The second-order valence-corrected chi connectivity index (χ2v) is 4.34. The first-order valence-corrected chi connectivity index (χ1v) is 5.94. The molecule has 2 aromatic heterocycles. The van der Waals surface area contributed by atoms with E-state index in [0.717, 1.165) is 5.69 Å². The number of fused-ring (bicyclic) bond motifs is 1. The van der Waals surface area contributed by atoms with Crippen molar-refractivity contribution in [2.45, 2.75) is 0 Å². The second kappa shape index (κ2) is 4.36. The normalized spacial score (nSPS) is 10.8. The summed E-state index contributed by atoms with van der Waals surface area (Å²) < 4.78 is 7.05. The third-order valence-corrected chi connectivity index (χ3v) is 2.97. The summed E-state index contributed by atoms with van der Waals surface area (Å²) in [6, 6.07) is 7.38. The van der Waals surface area contributed by atoms with Crippen molar-refractivity contribution in [3.05, 3.63) is 45.6 Å². The molecule has 2 heterocycles. The first-order valence-electron chi connectivity index (χ1n) is 5.54. The number of ether oxygens (including phenoxy) is 1. The summed E-state index contributed by atoms with van der Waals surface area (Å²) in [7, 11) is 1.60. The van der Waals surface area contributed by atoms with Gasteiger partial charge in [-0.3, -0.25) is 9.78 Å². The van der Waals surface area contributed by atoms with Crippen molar-refractivity contribution in [3.8, 4) is 11.4 Å². The van der Waals surface area contributed by atoms with Gasteiger partial charge in [-0.25, -0.2) is 4.68 Å².